The third-order valence-corrected chi connectivity index (χ3v) is 4.44. The van der Waals surface area contributed by atoms with Crippen molar-refractivity contribution in [1.82, 2.24) is 15.3 Å². The lowest BCUT2D eigenvalue weighted by molar-refractivity contribution is 0.511. The van der Waals surface area contributed by atoms with Gasteiger partial charge in [0.1, 0.15) is 5.82 Å². The summed E-state index contributed by atoms with van der Waals surface area (Å²) in [6.07, 6.45) is 5.05. The zero-order valence-electron chi connectivity index (χ0n) is 11.7. The normalized spacial score (nSPS) is 19.8. The molecule has 0 bridgehead atoms. The molecule has 1 fully saturated rings. The van der Waals surface area contributed by atoms with Crippen LogP contribution in [0.15, 0.2) is 28.7 Å². The molecule has 106 valence electrons. The Morgan fingerprint density at radius 1 is 1.15 bits per heavy atom. The number of hydrogen-bond acceptors (Lipinski definition) is 2. The molecule has 4 heteroatoms. The minimum absolute atomic E-state index is 0.375. The second kappa shape index (κ2) is 6.10. The molecule has 0 amide bonds. The third-order valence-electron chi connectivity index (χ3n) is 3.91. The van der Waals surface area contributed by atoms with Gasteiger partial charge in [0, 0.05) is 15.7 Å². The molecule has 1 atom stereocenters. The quantitative estimate of drug-likeness (QED) is 0.857. The van der Waals surface area contributed by atoms with Gasteiger partial charge in [0.05, 0.1) is 11.7 Å². The number of H-pyrrole nitrogens is 1. The predicted molar refractivity (Wildman–Crippen MR) is 85.7 cm³/mol. The van der Waals surface area contributed by atoms with Crippen LogP contribution in [-0.4, -0.2) is 16.5 Å². The van der Waals surface area contributed by atoms with Crippen LogP contribution in [0.4, 0.5) is 0 Å². The van der Waals surface area contributed by atoms with E-state index in [2.05, 4.69) is 57.4 Å². The van der Waals surface area contributed by atoms with Gasteiger partial charge < -0.3 is 10.3 Å². The summed E-state index contributed by atoms with van der Waals surface area (Å²) in [6.45, 7) is 3.20. The third kappa shape index (κ3) is 2.96. The van der Waals surface area contributed by atoms with Gasteiger partial charge >= 0.3 is 0 Å². The molecule has 0 aliphatic carbocycles. The average Bonchev–Trinajstić information content (AvgIpc) is 2.66. The molecule has 1 unspecified atom stereocenters. The summed E-state index contributed by atoms with van der Waals surface area (Å²) in [5.41, 5.74) is 3.38. The molecular formula is C16H20BrN3. The number of nitrogens with zero attached hydrogens (tertiary/aromatic N) is 1. The number of aromatic nitrogens is 2. The van der Waals surface area contributed by atoms with Crippen molar-refractivity contribution in [3.05, 3.63) is 40.3 Å². The Morgan fingerprint density at radius 3 is 2.75 bits per heavy atom. The van der Waals surface area contributed by atoms with E-state index in [1.165, 1.54) is 31.2 Å². The monoisotopic (exact) mass is 333 g/mol. The molecule has 0 saturated carbocycles. The molecule has 3 nitrogen and oxygen atoms in total. The fourth-order valence-electron chi connectivity index (χ4n) is 2.80. The molecule has 2 aromatic rings. The van der Waals surface area contributed by atoms with Gasteiger partial charge in [0.2, 0.25) is 0 Å². The zero-order valence-corrected chi connectivity index (χ0v) is 13.3. The van der Waals surface area contributed by atoms with Crippen molar-refractivity contribution in [2.75, 3.05) is 6.54 Å². The minimum Gasteiger partial charge on any atom is -0.344 e. The average molecular weight is 334 g/mol. The van der Waals surface area contributed by atoms with Gasteiger partial charge in [-0.2, -0.15) is 0 Å². The summed E-state index contributed by atoms with van der Waals surface area (Å²) in [5.74, 6) is 1.09. The van der Waals surface area contributed by atoms with Gasteiger partial charge in [-0.15, -0.1) is 0 Å². The maximum atomic E-state index is 4.84. The lowest BCUT2D eigenvalue weighted by Gasteiger charge is -2.12. The van der Waals surface area contributed by atoms with Crippen molar-refractivity contribution in [3.63, 3.8) is 0 Å². The van der Waals surface area contributed by atoms with E-state index in [4.69, 9.17) is 4.98 Å². The highest BCUT2D eigenvalue weighted by molar-refractivity contribution is 9.10. The summed E-state index contributed by atoms with van der Waals surface area (Å²) in [5, 5.41) is 3.60. The molecule has 2 heterocycles. The number of imidazole rings is 1. The van der Waals surface area contributed by atoms with Crippen LogP contribution in [-0.2, 0) is 0 Å². The highest BCUT2D eigenvalue weighted by Gasteiger charge is 2.18. The SMILES string of the molecule is Cc1[nH]c(C2CCCCCN2)nc1-c1ccc(Br)cc1. The first-order valence-corrected chi connectivity index (χ1v) is 8.09. The van der Waals surface area contributed by atoms with Gasteiger partial charge in [-0.05, 0) is 38.4 Å². The van der Waals surface area contributed by atoms with Crippen LogP contribution in [0, 0.1) is 6.92 Å². The van der Waals surface area contributed by atoms with Crippen LogP contribution >= 0.6 is 15.9 Å². The van der Waals surface area contributed by atoms with Gasteiger partial charge in [0.15, 0.2) is 0 Å². The van der Waals surface area contributed by atoms with Crippen molar-refractivity contribution in [1.29, 1.82) is 0 Å². The van der Waals surface area contributed by atoms with Crippen LogP contribution < -0.4 is 5.32 Å². The number of aryl methyl sites for hydroxylation is 1. The van der Waals surface area contributed by atoms with Crippen LogP contribution in [0.2, 0.25) is 0 Å². The number of rotatable bonds is 2. The fraction of sp³-hybridized carbons (Fsp3) is 0.438. The van der Waals surface area contributed by atoms with Crippen molar-refractivity contribution >= 4 is 15.9 Å². The van der Waals surface area contributed by atoms with E-state index in [1.54, 1.807) is 0 Å². The topological polar surface area (TPSA) is 40.7 Å². The van der Waals surface area contributed by atoms with Gasteiger partial charge in [-0.25, -0.2) is 4.98 Å². The van der Waals surface area contributed by atoms with Gasteiger partial charge in [-0.3, -0.25) is 0 Å². The van der Waals surface area contributed by atoms with E-state index in [9.17, 15) is 0 Å². The number of hydrogen-bond donors (Lipinski definition) is 2. The number of aromatic amines is 1. The van der Waals surface area contributed by atoms with E-state index >= 15 is 0 Å². The Bertz CT molecular complexity index is 566. The van der Waals surface area contributed by atoms with Crippen LogP contribution in [0.3, 0.4) is 0 Å². The van der Waals surface area contributed by atoms with E-state index in [0.717, 1.165) is 28.2 Å². The Morgan fingerprint density at radius 2 is 1.95 bits per heavy atom. The van der Waals surface area contributed by atoms with Crippen LogP contribution in [0.5, 0.6) is 0 Å². The summed E-state index contributed by atoms with van der Waals surface area (Å²) in [4.78, 5) is 8.31. The van der Waals surface area contributed by atoms with Crippen LogP contribution in [0.1, 0.15) is 43.2 Å². The summed E-state index contributed by atoms with van der Waals surface area (Å²) in [6, 6.07) is 8.72. The first kappa shape index (κ1) is 13.8. The minimum atomic E-state index is 0.375. The zero-order chi connectivity index (χ0) is 13.9. The van der Waals surface area contributed by atoms with Crippen LogP contribution in [0.25, 0.3) is 11.3 Å². The van der Waals surface area contributed by atoms with Gasteiger partial charge in [-0.1, -0.05) is 40.9 Å². The molecule has 1 aromatic carbocycles. The summed E-state index contributed by atoms with van der Waals surface area (Å²) in [7, 11) is 0. The Balaban J connectivity index is 1.88. The van der Waals surface area contributed by atoms with E-state index in [0.29, 0.717) is 6.04 Å². The van der Waals surface area contributed by atoms with Gasteiger partial charge in [0.25, 0.3) is 0 Å². The van der Waals surface area contributed by atoms with E-state index in [1.807, 2.05) is 0 Å². The highest BCUT2D eigenvalue weighted by Crippen LogP contribution is 2.27. The largest absolute Gasteiger partial charge is 0.344 e. The lowest BCUT2D eigenvalue weighted by atomic mass is 10.1. The molecule has 1 aliphatic rings. The van der Waals surface area contributed by atoms with E-state index < -0.39 is 0 Å². The molecule has 20 heavy (non-hydrogen) atoms. The molecule has 0 radical (unpaired) electrons. The molecule has 1 aromatic heterocycles. The maximum Gasteiger partial charge on any atom is 0.124 e. The standard InChI is InChI=1S/C16H20BrN3/c1-11-15(12-6-8-13(17)9-7-12)20-16(19-11)14-5-3-2-4-10-18-14/h6-9,14,18H,2-5,10H2,1H3,(H,19,20). The second-order valence-corrected chi connectivity index (χ2v) is 6.37. The van der Waals surface area contributed by atoms with Crippen molar-refractivity contribution in [2.24, 2.45) is 0 Å². The molecule has 0 spiro atoms. The number of benzene rings is 1. The molecular weight excluding hydrogens is 314 g/mol. The first-order valence-electron chi connectivity index (χ1n) is 7.30. The Kier molecular flexibility index (Phi) is 4.22. The second-order valence-electron chi connectivity index (χ2n) is 5.46. The summed E-state index contributed by atoms with van der Waals surface area (Å²) < 4.78 is 1.10. The predicted octanol–water partition coefficient (Wildman–Crippen LogP) is 4.35. The number of nitrogens with one attached hydrogen (secondary N) is 2. The summed E-state index contributed by atoms with van der Waals surface area (Å²) >= 11 is 3.47. The Hall–Kier alpha value is -1.13. The fourth-order valence-corrected chi connectivity index (χ4v) is 3.06. The maximum absolute atomic E-state index is 4.84. The lowest BCUT2D eigenvalue weighted by Crippen LogP contribution is -2.21. The molecule has 2 N–H and O–H groups in total. The first-order chi connectivity index (χ1) is 9.74. The smallest absolute Gasteiger partial charge is 0.124 e. The van der Waals surface area contributed by atoms with Crippen molar-refractivity contribution < 1.29 is 0 Å². The van der Waals surface area contributed by atoms with Crippen molar-refractivity contribution in [2.45, 2.75) is 38.6 Å². The highest BCUT2D eigenvalue weighted by atomic mass is 79.9. The number of halogens is 1. The van der Waals surface area contributed by atoms with E-state index in [-0.39, 0.29) is 0 Å². The van der Waals surface area contributed by atoms with Crippen molar-refractivity contribution in [3.8, 4) is 11.3 Å². The molecule has 1 saturated heterocycles. The molecule has 3 rings (SSSR count). The molecule has 1 aliphatic heterocycles. The Labute approximate surface area is 128 Å².